The van der Waals surface area contributed by atoms with Gasteiger partial charge in [0.05, 0.1) is 6.10 Å². The van der Waals surface area contributed by atoms with E-state index >= 15 is 0 Å². The molecule has 0 bridgehead atoms. The van der Waals surface area contributed by atoms with Gasteiger partial charge < -0.3 is 5.11 Å². The number of hydrogen-bond donors (Lipinski definition) is 1. The molecule has 1 aliphatic heterocycles. The van der Waals surface area contributed by atoms with Gasteiger partial charge in [-0.15, -0.1) is 11.8 Å². The third-order valence-corrected chi connectivity index (χ3v) is 5.48. The zero-order valence-corrected chi connectivity index (χ0v) is 10.5. The van der Waals surface area contributed by atoms with Crippen LogP contribution in [0.2, 0.25) is 0 Å². The quantitative estimate of drug-likeness (QED) is 0.864. The molecule has 1 heterocycles. The van der Waals surface area contributed by atoms with Gasteiger partial charge in [0.2, 0.25) is 0 Å². The third kappa shape index (κ3) is 1.68. The summed E-state index contributed by atoms with van der Waals surface area (Å²) in [6.07, 6.45) is 3.47. The number of aliphatic hydroxyl groups excluding tert-OH is 1. The zero-order valence-electron chi connectivity index (χ0n) is 9.65. The van der Waals surface area contributed by atoms with Crippen LogP contribution in [0.5, 0.6) is 0 Å². The summed E-state index contributed by atoms with van der Waals surface area (Å²) in [5.41, 5.74) is 1.77. The summed E-state index contributed by atoms with van der Waals surface area (Å²) >= 11 is 1.97. The summed E-state index contributed by atoms with van der Waals surface area (Å²) in [5.74, 6) is 1.87. The molecule has 1 saturated carbocycles. The highest BCUT2D eigenvalue weighted by Gasteiger charge is 2.48. The van der Waals surface area contributed by atoms with E-state index < -0.39 is 0 Å². The number of rotatable bonds is 3. The second kappa shape index (κ2) is 3.78. The van der Waals surface area contributed by atoms with Crippen molar-refractivity contribution in [3.63, 3.8) is 0 Å². The molecule has 2 aliphatic rings. The van der Waals surface area contributed by atoms with Crippen LogP contribution in [0.1, 0.15) is 37.7 Å². The Morgan fingerprint density at radius 1 is 1.44 bits per heavy atom. The highest BCUT2D eigenvalue weighted by atomic mass is 32.2. The normalized spacial score (nSPS) is 27.5. The topological polar surface area (TPSA) is 20.2 Å². The smallest absolute Gasteiger partial charge is 0.0568 e. The third-order valence-electron chi connectivity index (χ3n) is 4.23. The van der Waals surface area contributed by atoms with Crippen molar-refractivity contribution < 1.29 is 5.11 Å². The van der Waals surface area contributed by atoms with Crippen molar-refractivity contribution in [1.29, 1.82) is 0 Å². The highest BCUT2D eigenvalue weighted by molar-refractivity contribution is 7.99. The highest BCUT2D eigenvalue weighted by Crippen LogP contribution is 2.57. The maximum absolute atomic E-state index is 9.84. The number of hydrogen-bond acceptors (Lipinski definition) is 2. The molecule has 2 unspecified atom stereocenters. The summed E-state index contributed by atoms with van der Waals surface area (Å²) in [7, 11) is 0. The average molecular weight is 234 g/mol. The SMILES string of the molecule is CC(O)C1(CC2CSc3ccccc32)CC1. The van der Waals surface area contributed by atoms with Gasteiger partial charge in [-0.2, -0.15) is 0 Å². The summed E-state index contributed by atoms with van der Waals surface area (Å²) in [6, 6.07) is 8.75. The molecule has 0 aromatic heterocycles. The number of benzene rings is 1. The molecule has 1 N–H and O–H groups in total. The van der Waals surface area contributed by atoms with Crippen LogP contribution >= 0.6 is 11.8 Å². The van der Waals surface area contributed by atoms with Crippen molar-refractivity contribution >= 4 is 11.8 Å². The summed E-state index contributed by atoms with van der Waals surface area (Å²) in [4.78, 5) is 1.45. The van der Waals surface area contributed by atoms with E-state index in [1.807, 2.05) is 18.7 Å². The predicted molar refractivity (Wildman–Crippen MR) is 67.9 cm³/mol. The largest absolute Gasteiger partial charge is 0.393 e. The van der Waals surface area contributed by atoms with Crippen LogP contribution in [-0.2, 0) is 0 Å². The summed E-state index contributed by atoms with van der Waals surface area (Å²) in [5, 5.41) is 9.84. The lowest BCUT2D eigenvalue weighted by Gasteiger charge is -2.22. The minimum atomic E-state index is -0.134. The fourth-order valence-corrected chi connectivity index (χ4v) is 4.10. The van der Waals surface area contributed by atoms with Crippen LogP contribution < -0.4 is 0 Å². The molecule has 86 valence electrons. The van der Waals surface area contributed by atoms with E-state index in [0.29, 0.717) is 5.92 Å². The van der Waals surface area contributed by atoms with Gasteiger partial charge in [0.15, 0.2) is 0 Å². The average Bonchev–Trinajstić information content (AvgIpc) is 2.96. The van der Waals surface area contributed by atoms with E-state index in [9.17, 15) is 5.11 Å². The van der Waals surface area contributed by atoms with Crippen LogP contribution in [-0.4, -0.2) is 17.0 Å². The van der Waals surface area contributed by atoms with Gasteiger partial charge >= 0.3 is 0 Å². The van der Waals surface area contributed by atoms with E-state index in [4.69, 9.17) is 0 Å². The van der Waals surface area contributed by atoms with E-state index in [2.05, 4.69) is 24.3 Å². The molecule has 1 nitrogen and oxygen atoms in total. The number of fused-ring (bicyclic) bond motifs is 1. The van der Waals surface area contributed by atoms with Crippen molar-refractivity contribution in [2.75, 3.05) is 5.75 Å². The lowest BCUT2D eigenvalue weighted by Crippen LogP contribution is -2.21. The van der Waals surface area contributed by atoms with Crippen LogP contribution in [0, 0.1) is 5.41 Å². The predicted octanol–water partition coefficient (Wildman–Crippen LogP) is 3.43. The van der Waals surface area contributed by atoms with E-state index in [-0.39, 0.29) is 11.5 Å². The first-order valence-corrected chi connectivity index (χ1v) is 7.10. The molecule has 0 amide bonds. The molecule has 1 aromatic rings. The Morgan fingerprint density at radius 2 is 2.19 bits per heavy atom. The standard InChI is InChI=1S/C14H18OS/c1-10(15)14(6-7-14)8-11-9-16-13-5-3-2-4-12(11)13/h2-5,10-11,15H,6-9H2,1H3. The molecule has 0 radical (unpaired) electrons. The van der Waals surface area contributed by atoms with Gasteiger partial charge in [0.25, 0.3) is 0 Å². The van der Waals surface area contributed by atoms with Crippen LogP contribution in [0.4, 0.5) is 0 Å². The Morgan fingerprint density at radius 3 is 2.88 bits per heavy atom. The molecule has 0 saturated heterocycles. The Labute approximate surface area is 101 Å². The Kier molecular flexibility index (Phi) is 2.52. The molecule has 3 rings (SSSR count). The Bertz CT molecular complexity index is 395. The Balaban J connectivity index is 1.79. The van der Waals surface area contributed by atoms with Crippen molar-refractivity contribution in [1.82, 2.24) is 0 Å². The fraction of sp³-hybridized carbons (Fsp3) is 0.571. The summed E-state index contributed by atoms with van der Waals surface area (Å²) in [6.45, 7) is 1.96. The van der Waals surface area contributed by atoms with Gasteiger partial charge in [-0.3, -0.25) is 0 Å². The molecular formula is C14H18OS. The monoisotopic (exact) mass is 234 g/mol. The van der Waals surface area contributed by atoms with Crippen molar-refractivity contribution in [2.45, 2.75) is 43.1 Å². The lowest BCUT2D eigenvalue weighted by molar-refractivity contribution is 0.101. The molecule has 2 heteroatoms. The van der Waals surface area contributed by atoms with Crippen molar-refractivity contribution in [2.24, 2.45) is 5.41 Å². The first-order valence-electron chi connectivity index (χ1n) is 6.11. The number of thioether (sulfide) groups is 1. The molecule has 1 aliphatic carbocycles. The maximum Gasteiger partial charge on any atom is 0.0568 e. The van der Waals surface area contributed by atoms with Crippen LogP contribution in [0.3, 0.4) is 0 Å². The number of aliphatic hydroxyl groups is 1. The molecule has 2 atom stereocenters. The lowest BCUT2D eigenvalue weighted by atomic mass is 9.85. The van der Waals surface area contributed by atoms with Gasteiger partial charge in [-0.1, -0.05) is 18.2 Å². The maximum atomic E-state index is 9.84. The fourth-order valence-electron chi connectivity index (χ4n) is 2.84. The second-order valence-electron chi connectivity index (χ2n) is 5.29. The summed E-state index contributed by atoms with van der Waals surface area (Å²) < 4.78 is 0. The molecule has 1 fully saturated rings. The van der Waals surface area contributed by atoms with E-state index in [0.717, 1.165) is 0 Å². The Hall–Kier alpha value is -0.470. The minimum Gasteiger partial charge on any atom is -0.393 e. The minimum absolute atomic E-state index is 0.134. The molecule has 1 aromatic carbocycles. The second-order valence-corrected chi connectivity index (χ2v) is 6.35. The zero-order chi connectivity index (χ0) is 11.2. The van der Waals surface area contributed by atoms with Crippen molar-refractivity contribution in [3.8, 4) is 0 Å². The molecule has 16 heavy (non-hydrogen) atoms. The molecule has 0 spiro atoms. The van der Waals surface area contributed by atoms with Gasteiger partial charge in [-0.05, 0) is 49.1 Å². The first kappa shape index (κ1) is 10.7. The van der Waals surface area contributed by atoms with E-state index in [1.165, 1.54) is 35.5 Å². The van der Waals surface area contributed by atoms with Gasteiger partial charge in [-0.25, -0.2) is 0 Å². The van der Waals surface area contributed by atoms with Gasteiger partial charge in [0.1, 0.15) is 0 Å². The van der Waals surface area contributed by atoms with Crippen molar-refractivity contribution in [3.05, 3.63) is 29.8 Å². The van der Waals surface area contributed by atoms with Crippen LogP contribution in [0.25, 0.3) is 0 Å². The molecular weight excluding hydrogens is 216 g/mol. The van der Waals surface area contributed by atoms with E-state index in [1.54, 1.807) is 0 Å². The van der Waals surface area contributed by atoms with Gasteiger partial charge in [0, 0.05) is 10.6 Å². The first-order chi connectivity index (χ1) is 7.71. The van der Waals surface area contributed by atoms with Crippen LogP contribution in [0.15, 0.2) is 29.2 Å².